The van der Waals surface area contributed by atoms with Crippen LogP contribution < -0.4 is 5.32 Å². The van der Waals surface area contributed by atoms with Gasteiger partial charge in [0.25, 0.3) is 0 Å². The van der Waals surface area contributed by atoms with Gasteiger partial charge in [0.05, 0.1) is 18.8 Å². The van der Waals surface area contributed by atoms with Crippen LogP contribution in [0.15, 0.2) is 24.3 Å². The molecule has 1 aromatic carbocycles. The highest BCUT2D eigenvalue weighted by molar-refractivity contribution is 5.28. The van der Waals surface area contributed by atoms with Gasteiger partial charge in [-0.1, -0.05) is 31.2 Å². The van der Waals surface area contributed by atoms with Crippen molar-refractivity contribution in [2.45, 2.75) is 25.8 Å². The maximum absolute atomic E-state index is 5.53. The molecule has 1 saturated heterocycles. The van der Waals surface area contributed by atoms with Crippen LogP contribution in [0.5, 0.6) is 0 Å². The molecule has 1 atom stereocenters. The summed E-state index contributed by atoms with van der Waals surface area (Å²) in [6.45, 7) is 6.90. The van der Waals surface area contributed by atoms with Gasteiger partial charge >= 0.3 is 0 Å². The van der Waals surface area contributed by atoms with E-state index >= 15 is 0 Å². The molecule has 0 bridgehead atoms. The lowest BCUT2D eigenvalue weighted by molar-refractivity contribution is 0.0339. The Morgan fingerprint density at radius 3 is 2.60 bits per heavy atom. The summed E-state index contributed by atoms with van der Waals surface area (Å²) in [7, 11) is 0. The van der Waals surface area contributed by atoms with E-state index in [0.717, 1.165) is 26.2 Å². The van der Waals surface area contributed by atoms with Gasteiger partial charge in [-0.2, -0.15) is 0 Å². The minimum absolute atomic E-state index is 0.00940. The summed E-state index contributed by atoms with van der Waals surface area (Å²) in [5.74, 6) is 0. The van der Waals surface area contributed by atoms with Crippen molar-refractivity contribution in [1.82, 2.24) is 5.32 Å². The molecule has 1 heterocycles. The SMILES string of the molecule is CCc1ccc(C2(C)COCCN2)cc1. The minimum Gasteiger partial charge on any atom is -0.378 e. The van der Waals surface area contributed by atoms with Crippen LogP contribution in [-0.4, -0.2) is 19.8 Å². The Labute approximate surface area is 91.6 Å². The number of ether oxygens (including phenoxy) is 1. The van der Waals surface area contributed by atoms with Gasteiger partial charge in [0.1, 0.15) is 0 Å². The number of aryl methyl sites for hydroxylation is 1. The molecule has 0 radical (unpaired) electrons. The molecule has 1 aliphatic rings. The average molecular weight is 205 g/mol. The zero-order chi connectivity index (χ0) is 10.7. The summed E-state index contributed by atoms with van der Waals surface area (Å²) in [5.41, 5.74) is 2.70. The smallest absolute Gasteiger partial charge is 0.0688 e. The third-order valence-corrected chi connectivity index (χ3v) is 3.15. The van der Waals surface area contributed by atoms with Gasteiger partial charge in [-0.3, -0.25) is 0 Å². The Morgan fingerprint density at radius 2 is 2.07 bits per heavy atom. The van der Waals surface area contributed by atoms with E-state index in [2.05, 4.69) is 43.4 Å². The molecule has 82 valence electrons. The summed E-state index contributed by atoms with van der Waals surface area (Å²) < 4.78 is 5.53. The fraction of sp³-hybridized carbons (Fsp3) is 0.538. The summed E-state index contributed by atoms with van der Waals surface area (Å²) in [5, 5.41) is 3.52. The van der Waals surface area contributed by atoms with Crippen LogP contribution >= 0.6 is 0 Å². The average Bonchev–Trinajstić information content (AvgIpc) is 2.30. The summed E-state index contributed by atoms with van der Waals surface area (Å²) in [6, 6.07) is 8.83. The van der Waals surface area contributed by atoms with Gasteiger partial charge in [-0.05, 0) is 24.5 Å². The zero-order valence-corrected chi connectivity index (χ0v) is 9.55. The van der Waals surface area contributed by atoms with Crippen molar-refractivity contribution in [2.24, 2.45) is 0 Å². The zero-order valence-electron chi connectivity index (χ0n) is 9.55. The Balaban J connectivity index is 2.20. The van der Waals surface area contributed by atoms with E-state index in [0.29, 0.717) is 0 Å². The Kier molecular flexibility index (Phi) is 3.08. The van der Waals surface area contributed by atoms with Crippen LogP contribution in [0.2, 0.25) is 0 Å². The van der Waals surface area contributed by atoms with Gasteiger partial charge in [-0.25, -0.2) is 0 Å². The largest absolute Gasteiger partial charge is 0.378 e. The lowest BCUT2D eigenvalue weighted by Gasteiger charge is -2.35. The predicted molar refractivity (Wildman–Crippen MR) is 62.0 cm³/mol. The molecular formula is C13H19NO. The van der Waals surface area contributed by atoms with E-state index in [1.54, 1.807) is 0 Å². The van der Waals surface area contributed by atoms with Crippen molar-refractivity contribution in [3.63, 3.8) is 0 Å². The van der Waals surface area contributed by atoms with Gasteiger partial charge in [-0.15, -0.1) is 0 Å². The van der Waals surface area contributed by atoms with E-state index in [9.17, 15) is 0 Å². The van der Waals surface area contributed by atoms with Crippen molar-refractivity contribution < 1.29 is 4.74 Å². The molecule has 1 N–H and O–H groups in total. The predicted octanol–water partition coefficient (Wildman–Crippen LogP) is 2.08. The van der Waals surface area contributed by atoms with Crippen molar-refractivity contribution in [3.05, 3.63) is 35.4 Å². The van der Waals surface area contributed by atoms with Gasteiger partial charge in [0.2, 0.25) is 0 Å². The summed E-state index contributed by atoms with van der Waals surface area (Å²) >= 11 is 0. The molecule has 1 aromatic rings. The molecule has 0 aromatic heterocycles. The number of benzene rings is 1. The molecular weight excluding hydrogens is 186 g/mol. The molecule has 2 rings (SSSR count). The molecule has 1 aliphatic heterocycles. The van der Waals surface area contributed by atoms with Crippen molar-refractivity contribution >= 4 is 0 Å². The number of hydrogen-bond donors (Lipinski definition) is 1. The van der Waals surface area contributed by atoms with Crippen LogP contribution in [0.4, 0.5) is 0 Å². The van der Waals surface area contributed by atoms with E-state index in [1.807, 2.05) is 0 Å². The second kappa shape index (κ2) is 4.33. The number of hydrogen-bond acceptors (Lipinski definition) is 2. The topological polar surface area (TPSA) is 21.3 Å². The standard InChI is InChI=1S/C13H19NO/c1-3-11-4-6-12(7-5-11)13(2)10-15-9-8-14-13/h4-7,14H,3,8-10H2,1-2H3. The normalized spacial score (nSPS) is 26.5. The minimum atomic E-state index is -0.00940. The highest BCUT2D eigenvalue weighted by atomic mass is 16.5. The highest BCUT2D eigenvalue weighted by Crippen LogP contribution is 2.23. The molecule has 1 fully saturated rings. The lowest BCUT2D eigenvalue weighted by atomic mass is 9.91. The second-order valence-corrected chi connectivity index (χ2v) is 4.36. The quantitative estimate of drug-likeness (QED) is 0.798. The third-order valence-electron chi connectivity index (χ3n) is 3.15. The molecule has 2 nitrogen and oxygen atoms in total. The fourth-order valence-corrected chi connectivity index (χ4v) is 2.02. The first-order chi connectivity index (χ1) is 7.24. The molecule has 0 spiro atoms. The first-order valence-electron chi connectivity index (χ1n) is 5.67. The summed E-state index contributed by atoms with van der Waals surface area (Å²) in [4.78, 5) is 0. The highest BCUT2D eigenvalue weighted by Gasteiger charge is 2.28. The summed E-state index contributed by atoms with van der Waals surface area (Å²) in [6.07, 6.45) is 1.10. The maximum atomic E-state index is 5.53. The number of morpholine rings is 1. The first kappa shape index (κ1) is 10.7. The second-order valence-electron chi connectivity index (χ2n) is 4.36. The fourth-order valence-electron chi connectivity index (χ4n) is 2.02. The van der Waals surface area contributed by atoms with E-state index in [4.69, 9.17) is 4.74 Å². The van der Waals surface area contributed by atoms with Crippen LogP contribution in [0.3, 0.4) is 0 Å². The Morgan fingerprint density at radius 1 is 1.33 bits per heavy atom. The van der Waals surface area contributed by atoms with Crippen LogP contribution in [0.1, 0.15) is 25.0 Å². The monoisotopic (exact) mass is 205 g/mol. The first-order valence-corrected chi connectivity index (χ1v) is 5.67. The molecule has 2 heteroatoms. The number of rotatable bonds is 2. The molecule has 15 heavy (non-hydrogen) atoms. The Bertz CT molecular complexity index is 312. The van der Waals surface area contributed by atoms with Crippen molar-refractivity contribution in [2.75, 3.05) is 19.8 Å². The molecule has 0 aliphatic carbocycles. The van der Waals surface area contributed by atoms with Crippen molar-refractivity contribution in [1.29, 1.82) is 0 Å². The van der Waals surface area contributed by atoms with E-state index in [1.165, 1.54) is 11.1 Å². The molecule has 0 amide bonds. The van der Waals surface area contributed by atoms with E-state index < -0.39 is 0 Å². The maximum Gasteiger partial charge on any atom is 0.0688 e. The van der Waals surface area contributed by atoms with E-state index in [-0.39, 0.29) is 5.54 Å². The Hall–Kier alpha value is -0.860. The van der Waals surface area contributed by atoms with Crippen LogP contribution in [-0.2, 0) is 16.7 Å². The van der Waals surface area contributed by atoms with Crippen LogP contribution in [0, 0.1) is 0 Å². The third kappa shape index (κ3) is 2.21. The van der Waals surface area contributed by atoms with Gasteiger partial charge in [0, 0.05) is 6.54 Å². The van der Waals surface area contributed by atoms with Gasteiger partial charge < -0.3 is 10.1 Å². The van der Waals surface area contributed by atoms with Gasteiger partial charge in [0.15, 0.2) is 0 Å². The molecule has 1 unspecified atom stereocenters. The van der Waals surface area contributed by atoms with Crippen LogP contribution in [0.25, 0.3) is 0 Å². The van der Waals surface area contributed by atoms with Crippen molar-refractivity contribution in [3.8, 4) is 0 Å². The molecule has 0 saturated carbocycles. The number of nitrogens with one attached hydrogen (secondary N) is 1. The lowest BCUT2D eigenvalue weighted by Crippen LogP contribution is -2.49.